The van der Waals surface area contributed by atoms with E-state index in [9.17, 15) is 0 Å². The lowest BCUT2D eigenvalue weighted by atomic mass is 9.99. The van der Waals surface area contributed by atoms with Crippen LogP contribution in [0.5, 0.6) is 0 Å². The summed E-state index contributed by atoms with van der Waals surface area (Å²) in [6.45, 7) is 5.13. The maximum atomic E-state index is 6.06. The molecule has 0 saturated carbocycles. The SMILES string of the molecule is CC1CCCN(c2cc(Cl)ccc2CN)C1. The first-order chi connectivity index (χ1) is 7.70. The Kier molecular flexibility index (Phi) is 3.72. The Balaban J connectivity index is 2.26. The fourth-order valence-electron chi connectivity index (χ4n) is 2.41. The van der Waals surface area contributed by atoms with Gasteiger partial charge in [-0.15, -0.1) is 0 Å². The lowest BCUT2D eigenvalue weighted by Gasteiger charge is -2.34. The van der Waals surface area contributed by atoms with Crippen LogP contribution in [0.1, 0.15) is 25.3 Å². The van der Waals surface area contributed by atoms with Crippen molar-refractivity contribution < 1.29 is 0 Å². The van der Waals surface area contributed by atoms with Gasteiger partial charge in [0.15, 0.2) is 0 Å². The Labute approximate surface area is 102 Å². The molecule has 0 aromatic heterocycles. The van der Waals surface area contributed by atoms with E-state index < -0.39 is 0 Å². The van der Waals surface area contributed by atoms with Gasteiger partial charge >= 0.3 is 0 Å². The zero-order chi connectivity index (χ0) is 11.5. The van der Waals surface area contributed by atoms with Crippen LogP contribution in [0.4, 0.5) is 5.69 Å². The molecular formula is C13H19ClN2. The number of hydrogen-bond acceptors (Lipinski definition) is 2. The predicted octanol–water partition coefficient (Wildman–Crippen LogP) is 3.04. The van der Waals surface area contributed by atoms with Crippen molar-refractivity contribution in [3.8, 4) is 0 Å². The summed E-state index contributed by atoms with van der Waals surface area (Å²) in [6.07, 6.45) is 2.59. The minimum absolute atomic E-state index is 0.581. The van der Waals surface area contributed by atoms with Gasteiger partial charge < -0.3 is 10.6 Å². The predicted molar refractivity (Wildman–Crippen MR) is 70.0 cm³/mol. The third-order valence-electron chi connectivity index (χ3n) is 3.26. The topological polar surface area (TPSA) is 29.3 Å². The Hall–Kier alpha value is -0.730. The number of hydrogen-bond donors (Lipinski definition) is 1. The van der Waals surface area contributed by atoms with Gasteiger partial charge in [0.1, 0.15) is 0 Å². The molecule has 1 unspecified atom stereocenters. The highest BCUT2D eigenvalue weighted by Gasteiger charge is 2.18. The molecule has 2 N–H and O–H groups in total. The molecule has 0 spiro atoms. The third kappa shape index (κ3) is 2.50. The van der Waals surface area contributed by atoms with Crippen LogP contribution >= 0.6 is 11.6 Å². The van der Waals surface area contributed by atoms with Gasteiger partial charge in [-0.1, -0.05) is 24.6 Å². The van der Waals surface area contributed by atoms with E-state index >= 15 is 0 Å². The summed E-state index contributed by atoms with van der Waals surface area (Å²) < 4.78 is 0. The molecule has 1 aliphatic heterocycles. The van der Waals surface area contributed by atoms with E-state index in [-0.39, 0.29) is 0 Å². The van der Waals surface area contributed by atoms with Gasteiger partial charge in [0, 0.05) is 30.3 Å². The number of piperidine rings is 1. The van der Waals surface area contributed by atoms with E-state index in [1.165, 1.54) is 24.1 Å². The monoisotopic (exact) mass is 238 g/mol. The summed E-state index contributed by atoms with van der Waals surface area (Å²) >= 11 is 6.06. The van der Waals surface area contributed by atoms with E-state index in [1.54, 1.807) is 0 Å². The standard InChI is InChI=1S/C13H19ClN2/c1-10-3-2-6-16(9-10)13-7-12(14)5-4-11(13)8-15/h4-5,7,10H,2-3,6,8-9,15H2,1H3. The first kappa shape index (κ1) is 11.7. The first-order valence-corrected chi connectivity index (χ1v) is 6.32. The van der Waals surface area contributed by atoms with Crippen molar-refractivity contribution >= 4 is 17.3 Å². The highest BCUT2D eigenvalue weighted by atomic mass is 35.5. The molecule has 1 aromatic rings. The molecule has 1 fully saturated rings. The molecule has 0 aliphatic carbocycles. The minimum Gasteiger partial charge on any atom is -0.371 e. The number of rotatable bonds is 2. The number of nitrogens with two attached hydrogens (primary N) is 1. The van der Waals surface area contributed by atoms with Gasteiger partial charge in [0.05, 0.1) is 0 Å². The fraction of sp³-hybridized carbons (Fsp3) is 0.538. The molecule has 0 amide bonds. The maximum Gasteiger partial charge on any atom is 0.0426 e. The van der Waals surface area contributed by atoms with E-state index in [0.29, 0.717) is 6.54 Å². The second-order valence-electron chi connectivity index (χ2n) is 4.67. The normalized spacial score (nSPS) is 21.2. The van der Waals surface area contributed by atoms with Gasteiger partial charge in [-0.05, 0) is 36.5 Å². The Bertz CT molecular complexity index is 365. The zero-order valence-corrected chi connectivity index (χ0v) is 10.5. The fourth-order valence-corrected chi connectivity index (χ4v) is 2.58. The van der Waals surface area contributed by atoms with Gasteiger partial charge in [0.25, 0.3) is 0 Å². The van der Waals surface area contributed by atoms with Crippen LogP contribution in [0.15, 0.2) is 18.2 Å². The van der Waals surface area contributed by atoms with Gasteiger partial charge in [-0.25, -0.2) is 0 Å². The molecule has 1 atom stereocenters. The molecule has 2 nitrogen and oxygen atoms in total. The van der Waals surface area contributed by atoms with Crippen molar-refractivity contribution in [1.82, 2.24) is 0 Å². The molecule has 2 rings (SSSR count). The molecule has 1 aliphatic rings. The van der Waals surface area contributed by atoms with Crippen molar-refractivity contribution in [2.75, 3.05) is 18.0 Å². The summed E-state index contributed by atoms with van der Waals surface area (Å²) in [4.78, 5) is 2.42. The van der Waals surface area contributed by atoms with Crippen LogP contribution in [0.25, 0.3) is 0 Å². The molecule has 1 heterocycles. The maximum absolute atomic E-state index is 6.06. The molecule has 3 heteroatoms. The second-order valence-corrected chi connectivity index (χ2v) is 5.11. The van der Waals surface area contributed by atoms with Crippen molar-refractivity contribution in [3.63, 3.8) is 0 Å². The summed E-state index contributed by atoms with van der Waals surface area (Å²) in [7, 11) is 0. The van der Waals surface area contributed by atoms with Crippen molar-refractivity contribution in [2.24, 2.45) is 11.7 Å². The van der Waals surface area contributed by atoms with E-state index in [4.69, 9.17) is 17.3 Å². The molecule has 0 radical (unpaired) electrons. The van der Waals surface area contributed by atoms with Crippen molar-refractivity contribution in [1.29, 1.82) is 0 Å². The largest absolute Gasteiger partial charge is 0.371 e. The summed E-state index contributed by atoms with van der Waals surface area (Å²) in [6, 6.07) is 6.00. The molecule has 16 heavy (non-hydrogen) atoms. The average molecular weight is 239 g/mol. The molecular weight excluding hydrogens is 220 g/mol. The van der Waals surface area contributed by atoms with Crippen LogP contribution < -0.4 is 10.6 Å². The van der Waals surface area contributed by atoms with Crippen LogP contribution in [-0.4, -0.2) is 13.1 Å². The number of benzene rings is 1. The molecule has 1 aromatic carbocycles. The second kappa shape index (κ2) is 5.07. The van der Waals surface area contributed by atoms with Crippen molar-refractivity contribution in [3.05, 3.63) is 28.8 Å². The smallest absolute Gasteiger partial charge is 0.0426 e. The first-order valence-electron chi connectivity index (χ1n) is 5.94. The van der Waals surface area contributed by atoms with Crippen LogP contribution in [-0.2, 0) is 6.54 Å². The Morgan fingerprint density at radius 2 is 2.31 bits per heavy atom. The Morgan fingerprint density at radius 3 is 3.00 bits per heavy atom. The summed E-state index contributed by atoms with van der Waals surface area (Å²) in [5, 5.41) is 0.797. The zero-order valence-electron chi connectivity index (χ0n) is 9.75. The van der Waals surface area contributed by atoms with E-state index in [0.717, 1.165) is 24.0 Å². The van der Waals surface area contributed by atoms with Crippen LogP contribution in [0, 0.1) is 5.92 Å². The highest BCUT2D eigenvalue weighted by Crippen LogP contribution is 2.28. The number of nitrogens with zero attached hydrogens (tertiary/aromatic N) is 1. The molecule has 1 saturated heterocycles. The van der Waals surface area contributed by atoms with Gasteiger partial charge in [-0.3, -0.25) is 0 Å². The lowest BCUT2D eigenvalue weighted by molar-refractivity contribution is 0.446. The third-order valence-corrected chi connectivity index (χ3v) is 3.50. The van der Waals surface area contributed by atoms with Crippen LogP contribution in [0.2, 0.25) is 5.02 Å². The van der Waals surface area contributed by atoms with Gasteiger partial charge in [0.2, 0.25) is 0 Å². The minimum atomic E-state index is 0.581. The van der Waals surface area contributed by atoms with E-state index in [2.05, 4.69) is 11.8 Å². The highest BCUT2D eigenvalue weighted by molar-refractivity contribution is 6.30. The molecule has 0 bridgehead atoms. The summed E-state index contributed by atoms with van der Waals surface area (Å²) in [5.41, 5.74) is 8.19. The van der Waals surface area contributed by atoms with E-state index in [1.807, 2.05) is 18.2 Å². The van der Waals surface area contributed by atoms with Gasteiger partial charge in [-0.2, -0.15) is 0 Å². The quantitative estimate of drug-likeness (QED) is 0.858. The average Bonchev–Trinajstić information content (AvgIpc) is 2.29. The lowest BCUT2D eigenvalue weighted by Crippen LogP contribution is -2.35. The Morgan fingerprint density at radius 1 is 1.50 bits per heavy atom. The van der Waals surface area contributed by atoms with Crippen molar-refractivity contribution in [2.45, 2.75) is 26.3 Å². The van der Waals surface area contributed by atoms with Crippen LogP contribution in [0.3, 0.4) is 0 Å². The summed E-state index contributed by atoms with van der Waals surface area (Å²) in [5.74, 6) is 0.762. The number of halogens is 1. The molecule has 88 valence electrons. The number of anilines is 1.